The molecule has 20 heavy (non-hydrogen) atoms. The molecule has 5 heteroatoms. The van der Waals surface area contributed by atoms with Crippen LogP contribution in [0.4, 0.5) is 4.79 Å². The fourth-order valence-electron chi connectivity index (χ4n) is 3.95. The lowest BCUT2D eigenvalue weighted by Gasteiger charge is -2.44. The fourth-order valence-corrected chi connectivity index (χ4v) is 3.95. The first-order valence-electron chi connectivity index (χ1n) is 8.11. The molecular formula is C15H26N2O3. The summed E-state index contributed by atoms with van der Waals surface area (Å²) in [4.78, 5) is 16.1. The molecule has 3 aliphatic rings. The summed E-state index contributed by atoms with van der Waals surface area (Å²) in [5, 5.41) is 10.2. The van der Waals surface area contributed by atoms with E-state index in [2.05, 4.69) is 4.90 Å². The van der Waals surface area contributed by atoms with Gasteiger partial charge in [-0.2, -0.15) is 0 Å². The summed E-state index contributed by atoms with van der Waals surface area (Å²) in [6, 6.07) is 0.679. The highest BCUT2D eigenvalue weighted by Crippen LogP contribution is 2.27. The molecule has 2 aliphatic heterocycles. The van der Waals surface area contributed by atoms with Gasteiger partial charge in [-0.1, -0.05) is 12.8 Å². The fraction of sp³-hybridized carbons (Fsp3) is 0.933. The van der Waals surface area contributed by atoms with Gasteiger partial charge in [0.05, 0.1) is 12.7 Å². The minimum Gasteiger partial charge on any atom is -0.449 e. The van der Waals surface area contributed by atoms with Crippen molar-refractivity contribution >= 4 is 6.09 Å². The van der Waals surface area contributed by atoms with Gasteiger partial charge in [0.1, 0.15) is 0 Å². The van der Waals surface area contributed by atoms with Crippen molar-refractivity contribution in [3.05, 3.63) is 0 Å². The Bertz CT molecular complexity index is 342. The van der Waals surface area contributed by atoms with Crippen molar-refractivity contribution in [3.8, 4) is 0 Å². The van der Waals surface area contributed by atoms with Crippen LogP contribution in [-0.2, 0) is 4.74 Å². The van der Waals surface area contributed by atoms with Crippen molar-refractivity contribution in [2.24, 2.45) is 0 Å². The molecule has 1 saturated carbocycles. The predicted molar refractivity (Wildman–Crippen MR) is 75.5 cm³/mol. The minimum atomic E-state index is -0.153. The minimum absolute atomic E-state index is 0.132. The van der Waals surface area contributed by atoms with Crippen LogP contribution in [0.5, 0.6) is 0 Å². The van der Waals surface area contributed by atoms with Gasteiger partial charge in [-0.15, -0.1) is 0 Å². The molecule has 1 aliphatic carbocycles. The molecule has 0 aromatic carbocycles. The van der Waals surface area contributed by atoms with Crippen molar-refractivity contribution in [1.29, 1.82) is 0 Å². The topological polar surface area (TPSA) is 53.0 Å². The standard InChI is InChI=1S/C15H26N2O3/c18-14-5-2-1-4-13(14)16-9-6-12(7-10-16)17-8-3-11-20-15(17)19/h12-14,18H,1-11H2. The number of aliphatic hydroxyl groups is 1. The van der Waals surface area contributed by atoms with E-state index < -0.39 is 0 Å². The Morgan fingerprint density at radius 2 is 1.75 bits per heavy atom. The van der Waals surface area contributed by atoms with Gasteiger partial charge >= 0.3 is 6.09 Å². The molecule has 3 fully saturated rings. The lowest BCUT2D eigenvalue weighted by molar-refractivity contribution is -0.00951. The van der Waals surface area contributed by atoms with E-state index in [9.17, 15) is 9.90 Å². The third-order valence-corrected chi connectivity index (χ3v) is 5.11. The van der Waals surface area contributed by atoms with E-state index in [4.69, 9.17) is 4.74 Å². The molecule has 2 unspecified atom stereocenters. The third kappa shape index (κ3) is 2.93. The maximum atomic E-state index is 11.8. The van der Waals surface area contributed by atoms with E-state index in [0.717, 1.165) is 58.2 Å². The number of rotatable bonds is 2. The lowest BCUT2D eigenvalue weighted by Crippen LogP contribution is -2.54. The summed E-state index contributed by atoms with van der Waals surface area (Å²) in [6.45, 7) is 3.41. The molecule has 1 amide bonds. The maximum absolute atomic E-state index is 11.8. The molecule has 2 heterocycles. The number of hydrogen-bond acceptors (Lipinski definition) is 4. The van der Waals surface area contributed by atoms with E-state index in [1.54, 1.807) is 0 Å². The molecular weight excluding hydrogens is 256 g/mol. The molecule has 0 radical (unpaired) electrons. The quantitative estimate of drug-likeness (QED) is 0.836. The molecule has 5 nitrogen and oxygen atoms in total. The number of likely N-dealkylation sites (tertiary alicyclic amines) is 1. The van der Waals surface area contributed by atoms with Crippen LogP contribution >= 0.6 is 0 Å². The third-order valence-electron chi connectivity index (χ3n) is 5.11. The Hall–Kier alpha value is -0.810. The zero-order valence-corrected chi connectivity index (χ0v) is 12.2. The molecule has 2 saturated heterocycles. The number of nitrogens with zero attached hydrogens (tertiary/aromatic N) is 2. The zero-order chi connectivity index (χ0) is 13.9. The average Bonchev–Trinajstić information content (AvgIpc) is 2.49. The van der Waals surface area contributed by atoms with Gasteiger partial charge in [0.15, 0.2) is 0 Å². The van der Waals surface area contributed by atoms with Gasteiger partial charge in [0, 0.05) is 31.7 Å². The van der Waals surface area contributed by atoms with Gasteiger partial charge in [-0.25, -0.2) is 4.79 Å². The second kappa shape index (κ2) is 6.31. The van der Waals surface area contributed by atoms with E-state index in [1.807, 2.05) is 4.90 Å². The molecule has 0 aromatic heterocycles. The first kappa shape index (κ1) is 14.1. The Labute approximate surface area is 120 Å². The van der Waals surface area contributed by atoms with Gasteiger partial charge in [-0.3, -0.25) is 4.90 Å². The SMILES string of the molecule is O=C1OCCCN1C1CCN(C2CCCCC2O)CC1. The number of carbonyl (C=O) groups is 1. The number of amides is 1. The highest BCUT2D eigenvalue weighted by molar-refractivity contribution is 5.68. The Kier molecular flexibility index (Phi) is 4.46. The van der Waals surface area contributed by atoms with Crippen LogP contribution in [0.25, 0.3) is 0 Å². The maximum Gasteiger partial charge on any atom is 0.410 e. The van der Waals surface area contributed by atoms with Crippen LogP contribution in [0.3, 0.4) is 0 Å². The normalized spacial score (nSPS) is 34.0. The first-order chi connectivity index (χ1) is 9.75. The Morgan fingerprint density at radius 3 is 2.45 bits per heavy atom. The summed E-state index contributed by atoms with van der Waals surface area (Å²) in [6.07, 6.45) is 7.16. The molecule has 2 atom stereocenters. The first-order valence-corrected chi connectivity index (χ1v) is 8.11. The van der Waals surface area contributed by atoms with Crippen LogP contribution in [0.15, 0.2) is 0 Å². The Balaban J connectivity index is 1.52. The molecule has 0 aromatic rings. The van der Waals surface area contributed by atoms with Gasteiger partial charge in [0.2, 0.25) is 0 Å². The van der Waals surface area contributed by atoms with Crippen LogP contribution in [0, 0.1) is 0 Å². The number of aliphatic hydroxyl groups excluding tert-OH is 1. The number of piperidine rings is 1. The number of ether oxygens (including phenoxy) is 1. The number of hydrogen-bond donors (Lipinski definition) is 1. The highest BCUT2D eigenvalue weighted by atomic mass is 16.6. The summed E-state index contributed by atoms with van der Waals surface area (Å²) < 4.78 is 5.14. The van der Waals surface area contributed by atoms with Crippen LogP contribution < -0.4 is 0 Å². The van der Waals surface area contributed by atoms with E-state index >= 15 is 0 Å². The summed E-state index contributed by atoms with van der Waals surface area (Å²) in [5.74, 6) is 0. The average molecular weight is 282 g/mol. The summed E-state index contributed by atoms with van der Waals surface area (Å²) in [7, 11) is 0. The second-order valence-electron chi connectivity index (χ2n) is 6.35. The van der Waals surface area contributed by atoms with E-state index in [0.29, 0.717) is 18.7 Å². The number of carbonyl (C=O) groups excluding carboxylic acids is 1. The van der Waals surface area contributed by atoms with Crippen molar-refractivity contribution < 1.29 is 14.6 Å². The molecule has 0 bridgehead atoms. The molecule has 0 spiro atoms. The molecule has 114 valence electrons. The summed E-state index contributed by atoms with van der Waals surface area (Å²) >= 11 is 0. The van der Waals surface area contributed by atoms with Crippen molar-refractivity contribution in [3.63, 3.8) is 0 Å². The molecule has 1 N–H and O–H groups in total. The zero-order valence-electron chi connectivity index (χ0n) is 12.2. The largest absolute Gasteiger partial charge is 0.449 e. The van der Waals surface area contributed by atoms with E-state index in [1.165, 1.54) is 6.42 Å². The summed E-state index contributed by atoms with van der Waals surface area (Å²) in [5.41, 5.74) is 0. The van der Waals surface area contributed by atoms with Crippen LogP contribution in [0.1, 0.15) is 44.9 Å². The van der Waals surface area contributed by atoms with Crippen LogP contribution in [0.2, 0.25) is 0 Å². The van der Waals surface area contributed by atoms with Crippen LogP contribution in [-0.4, -0.2) is 65.4 Å². The molecule has 3 rings (SSSR count). The van der Waals surface area contributed by atoms with Crippen molar-refractivity contribution in [2.75, 3.05) is 26.2 Å². The Morgan fingerprint density at radius 1 is 1.00 bits per heavy atom. The highest BCUT2D eigenvalue weighted by Gasteiger charge is 2.35. The van der Waals surface area contributed by atoms with Gasteiger partial charge in [-0.05, 0) is 32.1 Å². The monoisotopic (exact) mass is 282 g/mol. The van der Waals surface area contributed by atoms with Crippen molar-refractivity contribution in [1.82, 2.24) is 9.80 Å². The predicted octanol–water partition coefficient (Wildman–Crippen LogP) is 1.60. The van der Waals surface area contributed by atoms with E-state index in [-0.39, 0.29) is 12.2 Å². The number of cyclic esters (lactones) is 1. The second-order valence-corrected chi connectivity index (χ2v) is 6.35. The lowest BCUT2D eigenvalue weighted by atomic mass is 9.89. The smallest absolute Gasteiger partial charge is 0.410 e. The van der Waals surface area contributed by atoms with Crippen molar-refractivity contribution in [2.45, 2.75) is 63.1 Å². The van der Waals surface area contributed by atoms with Gasteiger partial charge < -0.3 is 14.7 Å². The van der Waals surface area contributed by atoms with Gasteiger partial charge in [0.25, 0.3) is 0 Å².